The van der Waals surface area contributed by atoms with Gasteiger partial charge >= 0.3 is 5.97 Å². The number of esters is 1. The summed E-state index contributed by atoms with van der Waals surface area (Å²) in [6.45, 7) is 0. The van der Waals surface area contributed by atoms with Crippen LogP contribution in [-0.2, 0) is 9.53 Å². The van der Waals surface area contributed by atoms with Crippen LogP contribution >= 0.6 is 11.8 Å². The largest absolute Gasteiger partial charge is 0.468 e. The van der Waals surface area contributed by atoms with Crippen molar-refractivity contribution >= 4 is 17.7 Å². The third-order valence-corrected chi connectivity index (χ3v) is 6.95. The maximum Gasteiger partial charge on any atom is 0.326 e. The van der Waals surface area contributed by atoms with E-state index in [9.17, 15) is 4.79 Å². The Balaban J connectivity index is 1.56. The zero-order valence-corrected chi connectivity index (χ0v) is 14.1. The van der Waals surface area contributed by atoms with E-state index in [1.54, 1.807) is 7.11 Å². The SMILES string of the molecule is COC(=O)C1(NC2CC2)CCCC1CCSC1CCCC1. The molecule has 0 heterocycles. The van der Waals surface area contributed by atoms with Crippen LogP contribution in [-0.4, -0.2) is 35.7 Å². The number of hydrogen-bond acceptors (Lipinski definition) is 4. The number of rotatable bonds is 7. The molecule has 0 radical (unpaired) electrons. The molecule has 21 heavy (non-hydrogen) atoms. The lowest BCUT2D eigenvalue weighted by atomic mass is 9.84. The Bertz CT molecular complexity index is 366. The summed E-state index contributed by atoms with van der Waals surface area (Å²) in [5.41, 5.74) is -0.369. The van der Waals surface area contributed by atoms with E-state index in [-0.39, 0.29) is 11.5 Å². The molecule has 0 saturated heterocycles. The van der Waals surface area contributed by atoms with E-state index < -0.39 is 0 Å². The fraction of sp³-hybridized carbons (Fsp3) is 0.941. The first-order chi connectivity index (χ1) is 10.2. The molecule has 2 atom stereocenters. The highest BCUT2D eigenvalue weighted by molar-refractivity contribution is 7.99. The molecule has 0 aromatic rings. The first-order valence-corrected chi connectivity index (χ1v) is 9.77. The average Bonchev–Trinajstić information content (AvgIpc) is 2.99. The highest BCUT2D eigenvalue weighted by atomic mass is 32.2. The van der Waals surface area contributed by atoms with Crippen molar-refractivity contribution in [2.75, 3.05) is 12.9 Å². The molecule has 3 aliphatic carbocycles. The Labute approximate surface area is 133 Å². The van der Waals surface area contributed by atoms with Crippen molar-refractivity contribution in [1.82, 2.24) is 5.32 Å². The Morgan fingerprint density at radius 2 is 1.95 bits per heavy atom. The Morgan fingerprint density at radius 3 is 2.62 bits per heavy atom. The van der Waals surface area contributed by atoms with Gasteiger partial charge in [-0.15, -0.1) is 0 Å². The van der Waals surface area contributed by atoms with Gasteiger partial charge in [-0.3, -0.25) is 10.1 Å². The summed E-state index contributed by atoms with van der Waals surface area (Å²) in [4.78, 5) is 12.4. The van der Waals surface area contributed by atoms with E-state index in [1.807, 2.05) is 0 Å². The van der Waals surface area contributed by atoms with Crippen LogP contribution < -0.4 is 5.32 Å². The molecule has 3 saturated carbocycles. The lowest BCUT2D eigenvalue weighted by Gasteiger charge is -2.34. The fourth-order valence-corrected chi connectivity index (χ4v) is 5.61. The number of hydrogen-bond donors (Lipinski definition) is 1. The quantitative estimate of drug-likeness (QED) is 0.730. The molecule has 120 valence electrons. The van der Waals surface area contributed by atoms with E-state index in [0.717, 1.165) is 24.5 Å². The van der Waals surface area contributed by atoms with Crippen LogP contribution in [0.2, 0.25) is 0 Å². The summed E-state index contributed by atoms with van der Waals surface area (Å²) in [7, 11) is 1.54. The molecule has 1 N–H and O–H groups in total. The van der Waals surface area contributed by atoms with E-state index in [1.165, 1.54) is 50.7 Å². The molecule has 4 heteroatoms. The second kappa shape index (κ2) is 6.91. The summed E-state index contributed by atoms with van der Waals surface area (Å²) >= 11 is 2.15. The second-order valence-corrected chi connectivity index (χ2v) is 8.44. The van der Waals surface area contributed by atoms with Crippen LogP contribution in [0.15, 0.2) is 0 Å². The number of nitrogens with one attached hydrogen (secondary N) is 1. The van der Waals surface area contributed by atoms with Gasteiger partial charge in [-0.05, 0) is 56.6 Å². The molecule has 0 spiro atoms. The zero-order valence-electron chi connectivity index (χ0n) is 13.2. The van der Waals surface area contributed by atoms with Gasteiger partial charge in [0.05, 0.1) is 7.11 Å². The van der Waals surface area contributed by atoms with Crippen molar-refractivity contribution < 1.29 is 9.53 Å². The van der Waals surface area contributed by atoms with Gasteiger partial charge in [0, 0.05) is 11.3 Å². The average molecular weight is 311 g/mol. The van der Waals surface area contributed by atoms with Crippen molar-refractivity contribution in [3.05, 3.63) is 0 Å². The predicted octanol–water partition coefficient (Wildman–Crippen LogP) is 3.52. The number of methoxy groups -OCH3 is 1. The van der Waals surface area contributed by atoms with E-state index >= 15 is 0 Å². The molecular formula is C17H29NO2S. The van der Waals surface area contributed by atoms with Crippen molar-refractivity contribution in [2.24, 2.45) is 5.92 Å². The third kappa shape index (κ3) is 3.58. The first-order valence-electron chi connectivity index (χ1n) is 8.72. The Hall–Kier alpha value is -0.220. The van der Waals surface area contributed by atoms with Crippen molar-refractivity contribution in [1.29, 1.82) is 0 Å². The van der Waals surface area contributed by atoms with E-state index in [4.69, 9.17) is 4.74 Å². The smallest absolute Gasteiger partial charge is 0.326 e. The summed E-state index contributed by atoms with van der Waals surface area (Å²) in [6.07, 6.45) is 12.5. The Kier molecular flexibility index (Phi) is 5.15. The molecule has 3 nitrogen and oxygen atoms in total. The minimum absolute atomic E-state index is 0.0113. The molecular weight excluding hydrogens is 282 g/mol. The number of carbonyl (C=O) groups is 1. The molecule has 0 bridgehead atoms. The van der Waals surface area contributed by atoms with E-state index in [0.29, 0.717) is 12.0 Å². The van der Waals surface area contributed by atoms with Gasteiger partial charge in [-0.2, -0.15) is 11.8 Å². The fourth-order valence-electron chi connectivity index (χ4n) is 4.19. The Morgan fingerprint density at radius 1 is 1.19 bits per heavy atom. The number of carbonyl (C=O) groups excluding carboxylic acids is 1. The normalized spacial score (nSPS) is 33.5. The third-order valence-electron chi connectivity index (χ3n) is 5.53. The van der Waals surface area contributed by atoms with Crippen molar-refractivity contribution in [3.8, 4) is 0 Å². The maximum absolute atomic E-state index is 12.4. The summed E-state index contributed by atoms with van der Waals surface area (Å²) < 4.78 is 5.17. The van der Waals surface area contributed by atoms with Gasteiger partial charge in [0.2, 0.25) is 0 Å². The summed E-state index contributed by atoms with van der Waals surface area (Å²) in [5.74, 6) is 1.67. The zero-order chi connectivity index (χ0) is 14.7. The molecule has 0 aliphatic heterocycles. The van der Waals surface area contributed by atoms with Crippen LogP contribution in [0.25, 0.3) is 0 Å². The molecule has 0 aromatic carbocycles. The van der Waals surface area contributed by atoms with Crippen molar-refractivity contribution in [3.63, 3.8) is 0 Å². The molecule has 0 aromatic heterocycles. The predicted molar refractivity (Wildman–Crippen MR) is 87.6 cm³/mol. The van der Waals surface area contributed by atoms with Crippen LogP contribution in [0.5, 0.6) is 0 Å². The molecule has 2 unspecified atom stereocenters. The maximum atomic E-state index is 12.4. The van der Waals surface area contributed by atoms with Crippen LogP contribution in [0.1, 0.15) is 64.2 Å². The highest BCUT2D eigenvalue weighted by Gasteiger charge is 2.51. The monoisotopic (exact) mass is 311 g/mol. The van der Waals surface area contributed by atoms with Gasteiger partial charge in [-0.1, -0.05) is 19.3 Å². The summed E-state index contributed by atoms with van der Waals surface area (Å²) in [6, 6.07) is 0.562. The van der Waals surface area contributed by atoms with Gasteiger partial charge in [0.15, 0.2) is 0 Å². The molecule has 3 fully saturated rings. The van der Waals surface area contributed by atoms with Gasteiger partial charge in [0.1, 0.15) is 5.54 Å². The second-order valence-electron chi connectivity index (χ2n) is 7.04. The number of thioether (sulfide) groups is 1. The van der Waals surface area contributed by atoms with Crippen LogP contribution in [0.3, 0.4) is 0 Å². The molecule has 3 aliphatic rings. The first kappa shape index (κ1) is 15.7. The molecule has 3 rings (SSSR count). The standard InChI is InChI=1S/C17H29NO2S/c1-20-16(19)17(18-14-8-9-14)11-4-5-13(17)10-12-21-15-6-2-3-7-15/h13-15,18H,2-12H2,1H3. The van der Waals surface area contributed by atoms with Gasteiger partial charge < -0.3 is 4.74 Å². The summed E-state index contributed by atoms with van der Waals surface area (Å²) in [5, 5.41) is 4.55. The van der Waals surface area contributed by atoms with Gasteiger partial charge in [0.25, 0.3) is 0 Å². The lowest BCUT2D eigenvalue weighted by molar-refractivity contribution is -0.150. The minimum Gasteiger partial charge on any atom is -0.468 e. The highest BCUT2D eigenvalue weighted by Crippen LogP contribution is 2.42. The van der Waals surface area contributed by atoms with Crippen molar-refractivity contribution in [2.45, 2.75) is 81.0 Å². The van der Waals surface area contributed by atoms with Crippen LogP contribution in [0.4, 0.5) is 0 Å². The number of ether oxygens (including phenoxy) is 1. The lowest BCUT2D eigenvalue weighted by Crippen LogP contribution is -2.56. The van der Waals surface area contributed by atoms with Gasteiger partial charge in [-0.25, -0.2) is 0 Å². The topological polar surface area (TPSA) is 38.3 Å². The van der Waals surface area contributed by atoms with E-state index in [2.05, 4.69) is 17.1 Å². The minimum atomic E-state index is -0.369. The van der Waals surface area contributed by atoms with Crippen LogP contribution in [0, 0.1) is 5.92 Å². The molecule has 0 amide bonds.